The van der Waals surface area contributed by atoms with E-state index in [0.29, 0.717) is 11.6 Å². The predicted molar refractivity (Wildman–Crippen MR) is 298 cm³/mol. The smallest absolute Gasteiger partial charge is 0.204 e. The number of ketones is 1. The first-order chi connectivity index (χ1) is 37.1. The Morgan fingerprint density at radius 1 is 0.561 bits per heavy atom. The maximum Gasteiger partial charge on any atom is 0.204 e. The second-order valence-corrected chi connectivity index (χ2v) is 16.8. The standard InChI is InChI=1S/C12H14N3.C12H13N2O2.C11H11N2O.C10H8FN2.C10H9N2.C5H8O2.5Ir/c1-14(2)11-6-4-10(5-7-11)12-13-8-9-15(12)3;1-14-7-6-13-12(14)10-5-4-9(15-2)8-11(10)16-3;1-13-10(14-2)8-12-11(13)9-6-4-3-5-7-9;1-13-9(11)7-12-10(13)8-5-3-2-4-6-8;1-12-8-7-11-10(12)9-5-3-2-4-6-9;1-4(6)3-5(2)7;;;;;/h4,6-9H,1-3H3;4,6-8H,1-3H3;3-6,8H,1-2H3;2-5,7H,1H3;2-5,7-8H,1H3;3,6H,1-2H3;;;;;/q5*-1;;;;;;. The molecule has 82 heavy (non-hydrogen) atoms. The van der Waals surface area contributed by atoms with Gasteiger partial charge in [0.05, 0.1) is 68.6 Å². The minimum atomic E-state index is -0.341. The van der Waals surface area contributed by atoms with Crippen molar-refractivity contribution in [1.29, 1.82) is 0 Å². The Morgan fingerprint density at radius 3 is 1.35 bits per heavy atom. The van der Waals surface area contributed by atoms with Crippen LogP contribution in [0, 0.1) is 36.3 Å². The molecule has 22 heteroatoms. The third kappa shape index (κ3) is 22.8. The number of allylic oxidation sites excluding steroid dienone is 2. The van der Waals surface area contributed by atoms with Crippen LogP contribution >= 0.6 is 0 Å². The van der Waals surface area contributed by atoms with Gasteiger partial charge < -0.3 is 47.1 Å². The minimum Gasteiger partial charge on any atom is -0.540 e. The van der Waals surface area contributed by atoms with E-state index < -0.39 is 0 Å². The summed E-state index contributed by atoms with van der Waals surface area (Å²) in [5.74, 6) is 5.94. The average molecular weight is 2000 g/mol. The summed E-state index contributed by atoms with van der Waals surface area (Å²) in [7, 11) is 18.3. The number of anilines is 1. The van der Waals surface area contributed by atoms with E-state index in [9.17, 15) is 9.18 Å². The molecule has 5 aromatic heterocycles. The maximum atomic E-state index is 12.9. The molecule has 0 fully saturated rings. The Kier molecular flexibility index (Phi) is 36.3. The molecule has 0 aliphatic rings. The van der Waals surface area contributed by atoms with E-state index in [0.717, 1.165) is 68.4 Å². The summed E-state index contributed by atoms with van der Waals surface area (Å²) < 4.78 is 37.6. The fourth-order valence-electron chi connectivity index (χ4n) is 6.97. The number of aliphatic hydroxyl groups excluding tert-OH is 1. The van der Waals surface area contributed by atoms with Gasteiger partial charge in [-0.25, -0.2) is 0 Å². The largest absolute Gasteiger partial charge is 0.540 e. The number of benzene rings is 5. The van der Waals surface area contributed by atoms with Gasteiger partial charge in [-0.2, -0.15) is 4.39 Å². The van der Waals surface area contributed by atoms with E-state index in [1.165, 1.54) is 30.7 Å². The molecule has 0 spiro atoms. The van der Waals surface area contributed by atoms with Gasteiger partial charge in [-0.05, 0) is 33.6 Å². The molecule has 445 valence electrons. The van der Waals surface area contributed by atoms with Crippen molar-refractivity contribution in [1.82, 2.24) is 47.8 Å². The third-order valence-electron chi connectivity index (χ3n) is 10.9. The number of carbonyl (C=O) groups is 1. The van der Waals surface area contributed by atoms with Gasteiger partial charge in [-0.3, -0.25) is 29.7 Å². The quantitative estimate of drug-likeness (QED) is 0.0789. The van der Waals surface area contributed by atoms with Crippen LogP contribution in [-0.4, -0.2) is 94.1 Å². The number of hydrogen-bond acceptors (Lipinski definition) is 11. The summed E-state index contributed by atoms with van der Waals surface area (Å²) in [6.45, 7) is 2.85. The molecular formula is C60H63FIr5N11O5-5. The van der Waals surface area contributed by atoms with E-state index in [1.807, 2.05) is 164 Å². The minimum absolute atomic E-state index is 0. The van der Waals surface area contributed by atoms with E-state index in [4.69, 9.17) is 19.3 Å². The number of carbonyl (C=O) groups excluding carboxylic acids is 1. The number of imidazole rings is 5. The van der Waals surface area contributed by atoms with Gasteiger partial charge in [-0.1, -0.05) is 11.6 Å². The van der Waals surface area contributed by atoms with Crippen molar-refractivity contribution < 1.29 is 129 Å². The molecule has 10 aromatic rings. The molecule has 0 bridgehead atoms. The second-order valence-electron chi connectivity index (χ2n) is 16.8. The Hall–Kier alpha value is -6.26. The van der Waals surface area contributed by atoms with Gasteiger partial charge in [-0.15, -0.1) is 150 Å². The number of halogens is 1. The Bertz CT molecular complexity index is 3380. The molecule has 0 aliphatic heterocycles. The van der Waals surface area contributed by atoms with Crippen molar-refractivity contribution in [2.24, 2.45) is 35.2 Å². The summed E-state index contributed by atoms with van der Waals surface area (Å²) in [5.41, 5.74) is 5.80. The van der Waals surface area contributed by atoms with E-state index in [1.54, 1.807) is 65.3 Å². The Morgan fingerprint density at radius 2 is 1.02 bits per heavy atom. The first-order valence-electron chi connectivity index (χ1n) is 23.8. The van der Waals surface area contributed by atoms with E-state index >= 15 is 0 Å². The third-order valence-corrected chi connectivity index (χ3v) is 10.9. The van der Waals surface area contributed by atoms with Gasteiger partial charge in [0.15, 0.2) is 5.78 Å². The molecule has 5 heterocycles. The first kappa shape index (κ1) is 75.7. The fraction of sp³-hybridized carbons (Fsp3) is 0.200. The number of aryl methyl sites for hydroxylation is 3. The Labute approximate surface area is 548 Å². The van der Waals surface area contributed by atoms with Gasteiger partial charge in [0.25, 0.3) is 0 Å². The van der Waals surface area contributed by atoms with Crippen LogP contribution in [0.2, 0.25) is 0 Å². The molecule has 0 atom stereocenters. The average Bonchev–Trinajstić information content (AvgIpc) is 4.33. The number of aromatic nitrogens is 10. The number of ether oxygens (including phenoxy) is 3. The number of aliphatic hydroxyl groups is 1. The van der Waals surface area contributed by atoms with Crippen molar-refractivity contribution in [2.75, 3.05) is 40.3 Å². The summed E-state index contributed by atoms with van der Waals surface area (Å²) >= 11 is 0. The SMILES string of the molecule is CC(=O)C=C(C)O.CN(C)c1c[c-]c(-c2nccn2C)cc1.COc1c[c-]c(-c2nccn2C)c(OC)c1.COc1cnc(-c2[c-]cccc2)n1C.Cn1c(F)cnc1-c1[c-]cccc1.Cn1ccnc1-c1[c-]cccc1.[Ir].[Ir].[Ir].[Ir].[Ir]. The first-order valence-corrected chi connectivity index (χ1v) is 23.8. The molecule has 0 saturated carbocycles. The molecule has 0 unspecified atom stereocenters. The van der Waals surface area contributed by atoms with Gasteiger partial charge >= 0.3 is 0 Å². The van der Waals surface area contributed by atoms with Crippen molar-refractivity contribution >= 4 is 11.5 Å². The Balaban J connectivity index is 0.000000960. The molecule has 0 saturated heterocycles. The zero-order valence-electron chi connectivity index (χ0n) is 47.1. The summed E-state index contributed by atoms with van der Waals surface area (Å²) in [4.78, 5) is 33.0. The van der Waals surface area contributed by atoms with Crippen molar-refractivity contribution in [3.05, 3.63) is 201 Å². The number of methoxy groups -OCH3 is 3. The molecular weight excluding hydrogens is 1930 g/mol. The molecule has 5 aromatic carbocycles. The molecule has 16 nitrogen and oxygen atoms in total. The van der Waals surface area contributed by atoms with Crippen molar-refractivity contribution in [3.63, 3.8) is 0 Å². The number of hydrogen-bond donors (Lipinski definition) is 1. The van der Waals surface area contributed by atoms with Gasteiger partial charge in [0.2, 0.25) is 11.8 Å². The second kappa shape index (κ2) is 39.3. The molecule has 0 amide bonds. The summed E-state index contributed by atoms with van der Waals surface area (Å²) in [5, 5.41) is 8.36. The van der Waals surface area contributed by atoms with Crippen LogP contribution in [0.25, 0.3) is 56.9 Å². The normalized spacial score (nSPS) is 9.70. The number of nitrogens with zero attached hydrogens (tertiary/aromatic N) is 11. The van der Waals surface area contributed by atoms with Gasteiger partial charge in [0.1, 0.15) is 0 Å². The van der Waals surface area contributed by atoms with Crippen LogP contribution in [0.3, 0.4) is 0 Å². The van der Waals surface area contributed by atoms with Crippen LogP contribution in [0.4, 0.5) is 10.1 Å². The van der Waals surface area contributed by atoms with Gasteiger partial charge in [0, 0.05) is 191 Å². The van der Waals surface area contributed by atoms with Crippen LogP contribution in [0.5, 0.6) is 17.4 Å². The van der Waals surface area contributed by atoms with Crippen molar-refractivity contribution in [2.45, 2.75) is 13.8 Å². The summed E-state index contributed by atoms with van der Waals surface area (Å²) in [6, 6.07) is 48.2. The number of rotatable bonds is 10. The summed E-state index contributed by atoms with van der Waals surface area (Å²) in [6.07, 6.45) is 15.1. The van der Waals surface area contributed by atoms with E-state index in [-0.39, 0.29) is 118 Å². The van der Waals surface area contributed by atoms with E-state index in [2.05, 4.69) is 66.2 Å². The maximum absolute atomic E-state index is 12.9. The molecule has 5 radical (unpaired) electrons. The molecule has 1 N–H and O–H groups in total. The predicted octanol–water partition coefficient (Wildman–Crippen LogP) is 10.7. The topological polar surface area (TPSA) is 157 Å². The zero-order chi connectivity index (χ0) is 55.9. The fourth-order valence-corrected chi connectivity index (χ4v) is 6.97. The van der Waals surface area contributed by atoms with Crippen LogP contribution in [0.1, 0.15) is 13.8 Å². The zero-order valence-corrected chi connectivity index (χ0v) is 59.0. The van der Waals surface area contributed by atoms with Crippen LogP contribution in [-0.2, 0) is 141 Å². The van der Waals surface area contributed by atoms with Crippen molar-refractivity contribution in [3.8, 4) is 74.3 Å². The molecule has 0 aliphatic carbocycles. The monoisotopic (exact) mass is 2000 g/mol. The van der Waals surface area contributed by atoms with Crippen LogP contribution in [0.15, 0.2) is 165 Å². The molecule has 10 rings (SSSR count). The van der Waals surface area contributed by atoms with Crippen LogP contribution < -0.4 is 19.1 Å².